The largest absolute Gasteiger partial charge is 0.449 e. The van der Waals surface area contributed by atoms with E-state index in [1.807, 2.05) is 0 Å². The van der Waals surface area contributed by atoms with Crippen LogP contribution in [0.3, 0.4) is 0 Å². The van der Waals surface area contributed by atoms with Gasteiger partial charge in [0.2, 0.25) is 0 Å². The molecule has 7 nitrogen and oxygen atoms in total. The van der Waals surface area contributed by atoms with Gasteiger partial charge in [0.05, 0.1) is 5.56 Å². The number of halogens is 3. The molecule has 0 aliphatic rings. The Morgan fingerprint density at radius 3 is 2.26 bits per heavy atom. The second-order valence-corrected chi connectivity index (χ2v) is 8.23. The molecular formula is C20H20F3NO6S. The van der Waals surface area contributed by atoms with Gasteiger partial charge in [-0.15, -0.1) is 0 Å². The average molecular weight is 459 g/mol. The Balaban J connectivity index is 2.03. The molecule has 11 heteroatoms. The number of ether oxygens (including phenoxy) is 1. The Morgan fingerprint density at radius 2 is 1.68 bits per heavy atom. The number of alkyl halides is 3. The van der Waals surface area contributed by atoms with Crippen LogP contribution in [-0.4, -0.2) is 39.1 Å². The van der Waals surface area contributed by atoms with E-state index in [4.69, 9.17) is 8.92 Å². The first-order chi connectivity index (χ1) is 14.3. The van der Waals surface area contributed by atoms with Crippen molar-refractivity contribution in [3.8, 4) is 5.75 Å². The Hall–Kier alpha value is -3.08. The van der Waals surface area contributed by atoms with E-state index in [-0.39, 0.29) is 16.2 Å². The Bertz CT molecular complexity index is 1070. The highest BCUT2D eigenvalue weighted by molar-refractivity contribution is 7.87. The molecule has 0 fully saturated rings. The highest BCUT2D eigenvalue weighted by atomic mass is 32.2. The van der Waals surface area contributed by atoms with Crippen LogP contribution in [0.4, 0.5) is 13.2 Å². The molecule has 0 aromatic heterocycles. The van der Waals surface area contributed by atoms with Gasteiger partial charge in [0.1, 0.15) is 17.2 Å². The van der Waals surface area contributed by atoms with Gasteiger partial charge in [0, 0.05) is 0 Å². The van der Waals surface area contributed by atoms with Crippen molar-refractivity contribution in [1.82, 2.24) is 5.32 Å². The number of aryl methyl sites for hydroxylation is 2. The lowest BCUT2D eigenvalue weighted by Crippen LogP contribution is -2.40. The molecule has 0 unspecified atom stereocenters. The maximum absolute atomic E-state index is 12.5. The van der Waals surface area contributed by atoms with Crippen molar-refractivity contribution in [1.29, 1.82) is 0 Å². The van der Waals surface area contributed by atoms with Gasteiger partial charge >= 0.3 is 22.3 Å². The predicted molar refractivity (Wildman–Crippen MR) is 104 cm³/mol. The molecular weight excluding hydrogens is 439 g/mol. The van der Waals surface area contributed by atoms with Crippen molar-refractivity contribution in [3.63, 3.8) is 0 Å². The van der Waals surface area contributed by atoms with Gasteiger partial charge in [-0.05, 0) is 62.2 Å². The van der Waals surface area contributed by atoms with E-state index in [2.05, 4.69) is 0 Å². The summed E-state index contributed by atoms with van der Waals surface area (Å²) >= 11 is 0. The number of rotatable bonds is 7. The molecule has 168 valence electrons. The SMILES string of the molecule is Cc1ccc(C)c(S(=O)(=O)Oc2ccc(C(=O)O[C@H](C)C(=O)NCC(F)(F)F)cc2)c1. The van der Waals surface area contributed by atoms with Crippen LogP contribution in [0.15, 0.2) is 47.4 Å². The molecule has 2 aromatic rings. The first kappa shape index (κ1) is 24.2. The zero-order valence-corrected chi connectivity index (χ0v) is 17.6. The van der Waals surface area contributed by atoms with Crippen molar-refractivity contribution in [2.75, 3.05) is 6.54 Å². The molecule has 0 spiro atoms. The van der Waals surface area contributed by atoms with Crippen molar-refractivity contribution in [3.05, 3.63) is 59.2 Å². The number of hydrogen-bond acceptors (Lipinski definition) is 6. The van der Waals surface area contributed by atoms with Gasteiger partial charge < -0.3 is 14.2 Å². The third-order valence-corrected chi connectivity index (χ3v) is 5.42. The van der Waals surface area contributed by atoms with Crippen LogP contribution in [0.2, 0.25) is 0 Å². The number of benzene rings is 2. The Morgan fingerprint density at radius 1 is 1.06 bits per heavy atom. The van der Waals surface area contributed by atoms with E-state index < -0.39 is 40.8 Å². The second kappa shape index (κ2) is 9.38. The van der Waals surface area contributed by atoms with Crippen molar-refractivity contribution < 1.29 is 40.1 Å². The van der Waals surface area contributed by atoms with Gasteiger partial charge in [-0.3, -0.25) is 4.79 Å². The molecule has 31 heavy (non-hydrogen) atoms. The van der Waals surface area contributed by atoms with E-state index in [1.165, 1.54) is 30.3 Å². The number of nitrogens with one attached hydrogen (secondary N) is 1. The summed E-state index contributed by atoms with van der Waals surface area (Å²) in [6.45, 7) is 2.94. The van der Waals surface area contributed by atoms with Gasteiger partial charge in [0.15, 0.2) is 6.10 Å². The minimum Gasteiger partial charge on any atom is -0.449 e. The first-order valence-corrected chi connectivity index (χ1v) is 10.4. The van der Waals surface area contributed by atoms with Gasteiger partial charge in [-0.25, -0.2) is 4.79 Å². The third-order valence-electron chi connectivity index (χ3n) is 4.03. The first-order valence-electron chi connectivity index (χ1n) is 8.96. The lowest BCUT2D eigenvalue weighted by Gasteiger charge is -2.14. The number of hydrogen-bond donors (Lipinski definition) is 1. The summed E-state index contributed by atoms with van der Waals surface area (Å²) < 4.78 is 71.3. The van der Waals surface area contributed by atoms with Crippen LogP contribution < -0.4 is 9.50 Å². The zero-order valence-electron chi connectivity index (χ0n) is 16.8. The van der Waals surface area contributed by atoms with Crippen LogP contribution in [0, 0.1) is 13.8 Å². The van der Waals surface area contributed by atoms with Crippen LogP contribution in [0.25, 0.3) is 0 Å². The normalized spacial score (nSPS) is 12.7. The maximum atomic E-state index is 12.5. The Labute approximate surface area is 177 Å². The topological polar surface area (TPSA) is 98.8 Å². The highest BCUT2D eigenvalue weighted by Crippen LogP contribution is 2.23. The summed E-state index contributed by atoms with van der Waals surface area (Å²) in [4.78, 5) is 23.7. The quantitative estimate of drug-likeness (QED) is 0.504. The number of esters is 1. The fraction of sp³-hybridized carbons (Fsp3) is 0.300. The number of amides is 1. The van der Waals surface area contributed by atoms with Crippen molar-refractivity contribution in [2.45, 2.75) is 37.9 Å². The molecule has 0 saturated heterocycles. The minimum absolute atomic E-state index is 0.00896. The fourth-order valence-corrected chi connectivity index (χ4v) is 3.65. The summed E-state index contributed by atoms with van der Waals surface area (Å²) in [5.41, 5.74) is 1.19. The standard InChI is InChI=1S/C20H20F3NO6S/c1-12-4-5-13(2)17(10-12)31(27,28)30-16-8-6-15(7-9-16)19(26)29-14(3)18(25)24-11-20(21,22)23/h4-10,14H,11H2,1-3H3,(H,24,25)/t14-/m1/s1. The summed E-state index contributed by atoms with van der Waals surface area (Å²) in [6, 6.07) is 9.73. The molecule has 0 aliphatic carbocycles. The highest BCUT2D eigenvalue weighted by Gasteiger charge is 2.29. The molecule has 1 atom stereocenters. The van der Waals surface area contributed by atoms with E-state index >= 15 is 0 Å². The van der Waals surface area contributed by atoms with Crippen molar-refractivity contribution in [2.24, 2.45) is 0 Å². The Kier molecular flexibility index (Phi) is 7.32. The van der Waals surface area contributed by atoms with Gasteiger partial charge in [-0.2, -0.15) is 21.6 Å². The summed E-state index contributed by atoms with van der Waals surface area (Å²) in [6.07, 6.45) is -6.05. The number of carbonyl (C=O) groups excluding carboxylic acids is 2. The summed E-state index contributed by atoms with van der Waals surface area (Å²) in [7, 11) is -4.11. The predicted octanol–water partition coefficient (Wildman–Crippen LogP) is 3.29. The second-order valence-electron chi connectivity index (χ2n) is 6.71. The van der Waals surface area contributed by atoms with Crippen LogP contribution in [0.1, 0.15) is 28.4 Å². The molecule has 1 N–H and O–H groups in total. The van der Waals surface area contributed by atoms with Gasteiger partial charge in [-0.1, -0.05) is 12.1 Å². The minimum atomic E-state index is -4.59. The molecule has 1 amide bonds. The van der Waals surface area contributed by atoms with E-state index in [0.29, 0.717) is 5.56 Å². The molecule has 2 rings (SSSR count). The number of carbonyl (C=O) groups is 2. The summed E-state index contributed by atoms with van der Waals surface area (Å²) in [5, 5.41) is 1.61. The molecule has 0 saturated carbocycles. The molecule has 0 bridgehead atoms. The van der Waals surface area contributed by atoms with Crippen LogP contribution in [-0.2, 0) is 19.6 Å². The lowest BCUT2D eigenvalue weighted by atomic mass is 10.2. The maximum Gasteiger partial charge on any atom is 0.405 e. The zero-order chi connectivity index (χ0) is 23.4. The monoisotopic (exact) mass is 459 g/mol. The van der Waals surface area contributed by atoms with Crippen molar-refractivity contribution >= 4 is 22.0 Å². The van der Waals surface area contributed by atoms with Gasteiger partial charge in [0.25, 0.3) is 5.91 Å². The summed E-state index contributed by atoms with van der Waals surface area (Å²) in [5.74, 6) is -2.14. The molecule has 0 aliphatic heterocycles. The molecule has 2 aromatic carbocycles. The van der Waals surface area contributed by atoms with Crippen LogP contribution in [0.5, 0.6) is 5.75 Å². The fourth-order valence-electron chi connectivity index (χ4n) is 2.41. The van der Waals surface area contributed by atoms with E-state index in [0.717, 1.165) is 12.5 Å². The lowest BCUT2D eigenvalue weighted by molar-refractivity contribution is -0.143. The molecule has 0 radical (unpaired) electrons. The van der Waals surface area contributed by atoms with Crippen LogP contribution >= 0.6 is 0 Å². The smallest absolute Gasteiger partial charge is 0.405 e. The third kappa shape index (κ3) is 6.99. The average Bonchev–Trinajstić information content (AvgIpc) is 2.67. The van der Waals surface area contributed by atoms with E-state index in [1.54, 1.807) is 31.3 Å². The van der Waals surface area contributed by atoms with E-state index in [9.17, 15) is 31.2 Å². The molecule has 0 heterocycles.